The first-order valence-electron chi connectivity index (χ1n) is 12.1. The lowest BCUT2D eigenvalue weighted by Gasteiger charge is -2.30. The molecule has 0 unspecified atom stereocenters. The molecule has 2 fully saturated rings. The van der Waals surface area contributed by atoms with Crippen LogP contribution < -0.4 is 20.3 Å². The number of pyridine rings is 2. The van der Waals surface area contributed by atoms with Crippen molar-refractivity contribution < 1.29 is 17.9 Å². The molecule has 37 heavy (non-hydrogen) atoms. The molecule has 1 aliphatic heterocycles. The number of piperazine rings is 1. The first-order valence-corrected chi connectivity index (χ1v) is 12.1. The van der Waals surface area contributed by atoms with Crippen LogP contribution in [0.3, 0.4) is 0 Å². The first-order chi connectivity index (χ1) is 17.9. The van der Waals surface area contributed by atoms with E-state index in [1.807, 2.05) is 12.3 Å². The van der Waals surface area contributed by atoms with Crippen molar-refractivity contribution in [2.75, 3.05) is 36.4 Å². The number of benzene rings is 1. The Morgan fingerprint density at radius 2 is 1.86 bits per heavy atom. The number of hydrogen-bond acceptors (Lipinski definition) is 8. The Kier molecular flexibility index (Phi) is 5.99. The number of halogens is 3. The van der Waals surface area contributed by atoms with Crippen LogP contribution >= 0.6 is 0 Å². The van der Waals surface area contributed by atoms with Crippen molar-refractivity contribution in [3.63, 3.8) is 0 Å². The van der Waals surface area contributed by atoms with Crippen molar-refractivity contribution in [2.45, 2.75) is 25.1 Å². The largest absolute Gasteiger partial charge is 0.573 e. The Balaban J connectivity index is 1.36. The topological polar surface area (TPSA) is 88.1 Å². The minimum atomic E-state index is -4.76. The third kappa shape index (κ3) is 5.26. The van der Waals surface area contributed by atoms with Gasteiger partial charge in [0.05, 0.1) is 11.7 Å². The number of alkyl halides is 3. The molecule has 0 spiro atoms. The third-order valence-electron chi connectivity index (χ3n) is 6.41. The van der Waals surface area contributed by atoms with Crippen LogP contribution in [0.15, 0.2) is 55.0 Å². The number of fused-ring (bicyclic) bond motifs is 1. The molecule has 2 N–H and O–H groups in total. The van der Waals surface area contributed by atoms with Gasteiger partial charge in [0.1, 0.15) is 17.4 Å². The molecule has 11 heteroatoms. The fourth-order valence-corrected chi connectivity index (χ4v) is 4.58. The van der Waals surface area contributed by atoms with E-state index in [9.17, 15) is 13.2 Å². The molecule has 0 atom stereocenters. The molecule has 190 valence electrons. The van der Waals surface area contributed by atoms with E-state index in [4.69, 9.17) is 9.97 Å². The van der Waals surface area contributed by atoms with Gasteiger partial charge < -0.3 is 20.3 Å². The summed E-state index contributed by atoms with van der Waals surface area (Å²) in [5.41, 5.74) is 3.14. The molecule has 4 aromatic rings. The van der Waals surface area contributed by atoms with Gasteiger partial charge in [0.25, 0.3) is 0 Å². The average Bonchev–Trinajstić information content (AvgIpc) is 3.73. The number of rotatable bonds is 6. The normalized spacial score (nSPS) is 16.1. The molecule has 8 nitrogen and oxygen atoms in total. The van der Waals surface area contributed by atoms with Gasteiger partial charge in [0.15, 0.2) is 5.82 Å². The molecular weight excluding hydrogens is 483 g/mol. The summed E-state index contributed by atoms with van der Waals surface area (Å²) in [6, 6.07) is 9.21. The fourth-order valence-electron chi connectivity index (χ4n) is 4.58. The Bertz CT molecular complexity index is 1440. The van der Waals surface area contributed by atoms with Gasteiger partial charge in [-0.05, 0) is 48.6 Å². The van der Waals surface area contributed by atoms with Gasteiger partial charge in [-0.25, -0.2) is 15.0 Å². The molecule has 2 aliphatic rings. The van der Waals surface area contributed by atoms with Gasteiger partial charge in [-0.2, -0.15) is 0 Å². The maximum atomic E-state index is 12.6. The third-order valence-corrected chi connectivity index (χ3v) is 6.41. The second-order valence-corrected chi connectivity index (χ2v) is 9.14. The van der Waals surface area contributed by atoms with E-state index in [1.165, 1.54) is 23.8 Å². The monoisotopic (exact) mass is 507 g/mol. The Morgan fingerprint density at radius 1 is 1.03 bits per heavy atom. The Hall–Kier alpha value is -3.99. The molecule has 0 radical (unpaired) electrons. The number of anilines is 3. The van der Waals surface area contributed by atoms with Crippen LogP contribution in [0.4, 0.5) is 30.5 Å². The van der Waals surface area contributed by atoms with Crippen molar-refractivity contribution in [2.24, 2.45) is 0 Å². The van der Waals surface area contributed by atoms with Crippen LogP contribution in [0.25, 0.3) is 22.3 Å². The smallest absolute Gasteiger partial charge is 0.406 e. The maximum absolute atomic E-state index is 12.6. The summed E-state index contributed by atoms with van der Waals surface area (Å²) in [6.07, 6.45) is 2.88. The summed E-state index contributed by atoms with van der Waals surface area (Å²) < 4.78 is 41.9. The molecular formula is C26H24F3N7O. The lowest BCUT2D eigenvalue weighted by atomic mass is 10.1. The van der Waals surface area contributed by atoms with E-state index in [2.05, 4.69) is 30.2 Å². The zero-order chi connectivity index (χ0) is 25.4. The summed E-state index contributed by atoms with van der Waals surface area (Å²) in [4.78, 5) is 21.0. The van der Waals surface area contributed by atoms with Gasteiger partial charge in [-0.1, -0.05) is 6.07 Å². The second kappa shape index (κ2) is 9.47. The standard InChI is InChI=1S/C26H24F3N7O/c27-26(28,29)37-19-3-1-2-18(13-19)33-22-12-17(6-7-32-22)24-34-21-15-31-14-20(16-4-5-16)23(21)25(35-24)36-10-8-30-9-11-36/h1-3,6-7,12-16,30H,4-5,8-11H2,(H,32,33). The number of aromatic nitrogens is 4. The summed E-state index contributed by atoms with van der Waals surface area (Å²) >= 11 is 0. The summed E-state index contributed by atoms with van der Waals surface area (Å²) in [6.45, 7) is 3.45. The van der Waals surface area contributed by atoms with E-state index in [0.29, 0.717) is 23.2 Å². The molecule has 6 rings (SSSR count). The molecule has 1 saturated carbocycles. The van der Waals surface area contributed by atoms with Gasteiger partial charge in [0.2, 0.25) is 0 Å². The molecule has 1 saturated heterocycles. The van der Waals surface area contributed by atoms with Gasteiger partial charge in [-0.15, -0.1) is 13.2 Å². The van der Waals surface area contributed by atoms with E-state index >= 15 is 0 Å². The van der Waals surface area contributed by atoms with Crippen molar-refractivity contribution in [1.82, 2.24) is 25.3 Å². The number of nitrogens with one attached hydrogen (secondary N) is 2. The van der Waals surface area contributed by atoms with E-state index in [0.717, 1.165) is 61.3 Å². The van der Waals surface area contributed by atoms with Gasteiger partial charge in [-0.3, -0.25) is 4.98 Å². The average molecular weight is 508 g/mol. The highest BCUT2D eigenvalue weighted by Gasteiger charge is 2.31. The zero-order valence-electron chi connectivity index (χ0n) is 19.8. The minimum absolute atomic E-state index is 0.314. The van der Waals surface area contributed by atoms with Gasteiger partial charge >= 0.3 is 6.36 Å². The number of hydrogen-bond donors (Lipinski definition) is 2. The van der Waals surface area contributed by atoms with Gasteiger partial charge in [0, 0.05) is 61.3 Å². The maximum Gasteiger partial charge on any atom is 0.573 e. The van der Waals surface area contributed by atoms with Crippen LogP contribution in [0.5, 0.6) is 5.75 Å². The summed E-state index contributed by atoms with van der Waals surface area (Å²) in [7, 11) is 0. The number of ether oxygens (including phenoxy) is 1. The highest BCUT2D eigenvalue weighted by molar-refractivity contribution is 5.94. The number of nitrogens with zero attached hydrogens (tertiary/aromatic N) is 5. The first kappa shape index (κ1) is 23.4. The molecule has 0 bridgehead atoms. The van der Waals surface area contributed by atoms with Crippen molar-refractivity contribution >= 4 is 28.2 Å². The van der Waals surface area contributed by atoms with Crippen LogP contribution in [-0.2, 0) is 0 Å². The predicted octanol–water partition coefficient (Wildman–Crippen LogP) is 5.02. The van der Waals surface area contributed by atoms with Crippen molar-refractivity contribution in [1.29, 1.82) is 0 Å². The van der Waals surface area contributed by atoms with E-state index in [-0.39, 0.29) is 5.75 Å². The molecule has 1 aliphatic carbocycles. The minimum Gasteiger partial charge on any atom is -0.406 e. The molecule has 3 aromatic heterocycles. The van der Waals surface area contributed by atoms with Crippen molar-refractivity contribution in [3.8, 4) is 17.1 Å². The SMILES string of the molecule is FC(F)(F)Oc1cccc(Nc2cc(-c3nc(N4CCNCC4)c4c(C5CC5)cncc4n3)ccn2)c1. The van der Waals surface area contributed by atoms with E-state index in [1.54, 1.807) is 24.5 Å². The van der Waals surface area contributed by atoms with Crippen LogP contribution in [0, 0.1) is 0 Å². The lowest BCUT2D eigenvalue weighted by Crippen LogP contribution is -2.44. The lowest BCUT2D eigenvalue weighted by molar-refractivity contribution is -0.274. The van der Waals surface area contributed by atoms with Crippen LogP contribution in [0.2, 0.25) is 0 Å². The highest BCUT2D eigenvalue weighted by atomic mass is 19.4. The van der Waals surface area contributed by atoms with Crippen LogP contribution in [0.1, 0.15) is 24.3 Å². The summed E-state index contributed by atoms with van der Waals surface area (Å²) in [5, 5.41) is 7.50. The predicted molar refractivity (Wildman–Crippen MR) is 134 cm³/mol. The molecule has 4 heterocycles. The molecule has 1 aromatic carbocycles. The van der Waals surface area contributed by atoms with E-state index < -0.39 is 6.36 Å². The Morgan fingerprint density at radius 3 is 2.65 bits per heavy atom. The highest BCUT2D eigenvalue weighted by Crippen LogP contribution is 2.44. The fraction of sp³-hybridized carbons (Fsp3) is 0.308. The molecule has 0 amide bonds. The van der Waals surface area contributed by atoms with Crippen LogP contribution in [-0.4, -0.2) is 52.5 Å². The summed E-state index contributed by atoms with van der Waals surface area (Å²) in [5.74, 6) is 2.08. The quantitative estimate of drug-likeness (QED) is 0.376. The Labute approximate surface area is 210 Å². The van der Waals surface area contributed by atoms with Crippen molar-refractivity contribution in [3.05, 3.63) is 60.6 Å². The zero-order valence-corrected chi connectivity index (χ0v) is 19.8. The second-order valence-electron chi connectivity index (χ2n) is 9.14.